The van der Waals surface area contributed by atoms with E-state index in [-0.39, 0.29) is 0 Å². The number of carbonyl (C=O) groups is 3. The van der Waals surface area contributed by atoms with Crippen molar-refractivity contribution in [2.45, 2.75) is 31.8 Å². The van der Waals surface area contributed by atoms with E-state index in [1.807, 2.05) is 6.07 Å². The number of rotatable bonds is 4. The van der Waals surface area contributed by atoms with Crippen LogP contribution in [0, 0.1) is 0 Å². The van der Waals surface area contributed by atoms with Crippen molar-refractivity contribution in [3.05, 3.63) is 57.3 Å². The van der Waals surface area contributed by atoms with Gasteiger partial charge in [-0.3, -0.25) is 10.1 Å². The molecule has 1 aromatic heterocycles. The van der Waals surface area contributed by atoms with Gasteiger partial charge in [0.25, 0.3) is 5.91 Å². The summed E-state index contributed by atoms with van der Waals surface area (Å²) in [5.74, 6) is -1.24. The predicted molar refractivity (Wildman–Crippen MR) is 98.2 cm³/mol. The molecule has 6 nitrogen and oxygen atoms in total. The number of amides is 3. The summed E-state index contributed by atoms with van der Waals surface area (Å²) in [6, 6.07) is 9.85. The van der Waals surface area contributed by atoms with E-state index in [4.69, 9.17) is 4.74 Å². The maximum Gasteiger partial charge on any atom is 0.349 e. The van der Waals surface area contributed by atoms with Gasteiger partial charge in [-0.25, -0.2) is 9.59 Å². The number of imide groups is 1. The zero-order valence-corrected chi connectivity index (χ0v) is 15.2. The fraction of sp³-hybridized carbons (Fsp3) is 0.316. The van der Waals surface area contributed by atoms with Crippen molar-refractivity contribution in [2.75, 3.05) is 7.05 Å². The summed E-state index contributed by atoms with van der Waals surface area (Å²) in [7, 11) is 1.41. The molecule has 0 fully saturated rings. The Hall–Kier alpha value is -2.67. The molecule has 3 amide bonds. The van der Waals surface area contributed by atoms with Crippen LogP contribution in [-0.2, 0) is 22.4 Å². The Balaban J connectivity index is 1.80. The topological polar surface area (TPSA) is 84.5 Å². The third-order valence-electron chi connectivity index (χ3n) is 4.23. The Morgan fingerprint density at radius 2 is 1.85 bits per heavy atom. The number of thiophene rings is 1. The van der Waals surface area contributed by atoms with E-state index < -0.39 is 24.0 Å². The standard InChI is InChI=1S/C19H20N2O4S/c1-20-19(24)21-17(22)16(12-7-3-2-4-8-12)25-18(23)15-11-13-9-5-6-10-14(13)26-15/h2-4,7-8,11,16H,5-6,9-10H2,1H3,(H2,20,21,22,24)/t16-/m1/s1. The van der Waals surface area contributed by atoms with Crippen LogP contribution in [0.2, 0.25) is 0 Å². The summed E-state index contributed by atoms with van der Waals surface area (Å²) in [5.41, 5.74) is 1.70. The van der Waals surface area contributed by atoms with Crippen LogP contribution in [0.1, 0.15) is 44.6 Å². The first kappa shape index (κ1) is 18.1. The first-order valence-electron chi connectivity index (χ1n) is 8.48. The molecular weight excluding hydrogens is 352 g/mol. The molecule has 0 saturated heterocycles. The Morgan fingerprint density at radius 3 is 2.54 bits per heavy atom. The number of nitrogens with one attached hydrogen (secondary N) is 2. The average molecular weight is 372 g/mol. The summed E-state index contributed by atoms with van der Waals surface area (Å²) in [6.45, 7) is 0. The van der Waals surface area contributed by atoms with E-state index in [9.17, 15) is 14.4 Å². The fourth-order valence-electron chi connectivity index (χ4n) is 2.90. The molecule has 0 saturated carbocycles. The lowest BCUT2D eigenvalue weighted by atomic mass is 9.99. The molecule has 0 radical (unpaired) electrons. The van der Waals surface area contributed by atoms with Crippen molar-refractivity contribution in [1.82, 2.24) is 10.6 Å². The molecule has 0 spiro atoms. The summed E-state index contributed by atoms with van der Waals surface area (Å²) in [5, 5.41) is 4.48. The molecule has 3 rings (SSSR count). The number of hydrogen-bond donors (Lipinski definition) is 2. The lowest BCUT2D eigenvalue weighted by Gasteiger charge is -2.17. The first-order valence-corrected chi connectivity index (χ1v) is 9.30. The van der Waals surface area contributed by atoms with Gasteiger partial charge >= 0.3 is 12.0 Å². The SMILES string of the molecule is CNC(=O)NC(=O)[C@H](OC(=O)c1cc2c(s1)CCCC2)c1ccccc1. The van der Waals surface area contributed by atoms with E-state index in [2.05, 4.69) is 10.6 Å². The maximum atomic E-state index is 12.6. The molecule has 2 N–H and O–H groups in total. The van der Waals surface area contributed by atoms with E-state index >= 15 is 0 Å². The monoisotopic (exact) mass is 372 g/mol. The molecule has 0 unspecified atom stereocenters. The van der Waals surface area contributed by atoms with Crippen molar-refractivity contribution >= 4 is 29.2 Å². The Kier molecular flexibility index (Phi) is 5.68. The average Bonchev–Trinajstić information content (AvgIpc) is 3.10. The number of carbonyl (C=O) groups excluding carboxylic acids is 3. The normalized spacial score (nSPS) is 14.0. The minimum Gasteiger partial charge on any atom is -0.443 e. The number of esters is 1. The van der Waals surface area contributed by atoms with Gasteiger partial charge in [-0.15, -0.1) is 11.3 Å². The van der Waals surface area contributed by atoms with Crippen LogP contribution in [0.4, 0.5) is 4.79 Å². The number of aryl methyl sites for hydroxylation is 2. The molecule has 1 atom stereocenters. The third kappa shape index (κ3) is 4.11. The highest BCUT2D eigenvalue weighted by Gasteiger charge is 2.28. The highest BCUT2D eigenvalue weighted by molar-refractivity contribution is 7.14. The van der Waals surface area contributed by atoms with Gasteiger partial charge in [-0.2, -0.15) is 0 Å². The van der Waals surface area contributed by atoms with Gasteiger partial charge in [0.05, 0.1) is 0 Å². The van der Waals surface area contributed by atoms with Crippen molar-refractivity contribution in [3.8, 4) is 0 Å². The van der Waals surface area contributed by atoms with Crippen molar-refractivity contribution in [1.29, 1.82) is 0 Å². The van der Waals surface area contributed by atoms with Crippen LogP contribution in [0.15, 0.2) is 36.4 Å². The molecule has 1 heterocycles. The lowest BCUT2D eigenvalue weighted by molar-refractivity contribution is -0.129. The van der Waals surface area contributed by atoms with Gasteiger partial charge in [0.15, 0.2) is 0 Å². The smallest absolute Gasteiger partial charge is 0.349 e. The van der Waals surface area contributed by atoms with Crippen LogP contribution < -0.4 is 10.6 Å². The van der Waals surface area contributed by atoms with Crippen LogP contribution in [0.25, 0.3) is 0 Å². The Morgan fingerprint density at radius 1 is 1.12 bits per heavy atom. The summed E-state index contributed by atoms with van der Waals surface area (Å²) in [4.78, 5) is 38.2. The van der Waals surface area contributed by atoms with Gasteiger partial charge in [0, 0.05) is 17.5 Å². The summed E-state index contributed by atoms with van der Waals surface area (Å²) < 4.78 is 5.49. The Bertz CT molecular complexity index is 793. The summed E-state index contributed by atoms with van der Waals surface area (Å²) >= 11 is 1.43. The number of benzene rings is 1. The molecule has 7 heteroatoms. The van der Waals surface area contributed by atoms with E-state index in [1.165, 1.54) is 28.8 Å². The second-order valence-corrected chi connectivity index (χ2v) is 7.17. The van der Waals surface area contributed by atoms with Gasteiger partial charge in [0.1, 0.15) is 4.88 Å². The minimum atomic E-state index is -1.19. The highest BCUT2D eigenvalue weighted by atomic mass is 32.1. The van der Waals surface area contributed by atoms with Gasteiger partial charge in [-0.1, -0.05) is 30.3 Å². The van der Waals surface area contributed by atoms with Gasteiger partial charge in [-0.05, 0) is 37.3 Å². The molecular formula is C19H20N2O4S. The highest BCUT2D eigenvalue weighted by Crippen LogP contribution is 2.31. The fourth-order valence-corrected chi connectivity index (χ4v) is 4.03. The van der Waals surface area contributed by atoms with Crippen molar-refractivity contribution in [3.63, 3.8) is 0 Å². The second kappa shape index (κ2) is 8.14. The molecule has 136 valence electrons. The van der Waals surface area contributed by atoms with Gasteiger partial charge < -0.3 is 10.1 Å². The maximum absolute atomic E-state index is 12.6. The first-order chi connectivity index (χ1) is 12.6. The molecule has 2 aromatic rings. The van der Waals surface area contributed by atoms with Gasteiger partial charge in [0.2, 0.25) is 6.10 Å². The number of hydrogen-bond acceptors (Lipinski definition) is 5. The Labute approximate surface area is 155 Å². The van der Waals surface area contributed by atoms with E-state index in [0.717, 1.165) is 25.7 Å². The quantitative estimate of drug-likeness (QED) is 0.808. The van der Waals surface area contributed by atoms with E-state index in [0.29, 0.717) is 10.4 Å². The van der Waals surface area contributed by atoms with Crippen LogP contribution in [-0.4, -0.2) is 25.0 Å². The number of ether oxygens (including phenoxy) is 1. The molecule has 0 aliphatic heterocycles. The van der Waals surface area contributed by atoms with Crippen molar-refractivity contribution in [2.24, 2.45) is 0 Å². The predicted octanol–water partition coefficient (Wildman–Crippen LogP) is 2.98. The molecule has 26 heavy (non-hydrogen) atoms. The number of fused-ring (bicyclic) bond motifs is 1. The summed E-state index contributed by atoms with van der Waals surface area (Å²) in [6.07, 6.45) is 3.01. The molecule has 1 aliphatic carbocycles. The zero-order chi connectivity index (χ0) is 18.5. The third-order valence-corrected chi connectivity index (χ3v) is 5.44. The number of urea groups is 1. The minimum absolute atomic E-state index is 0.491. The van der Waals surface area contributed by atoms with Crippen LogP contribution in [0.3, 0.4) is 0 Å². The van der Waals surface area contributed by atoms with Crippen molar-refractivity contribution < 1.29 is 19.1 Å². The van der Waals surface area contributed by atoms with E-state index in [1.54, 1.807) is 30.3 Å². The molecule has 0 bridgehead atoms. The lowest BCUT2D eigenvalue weighted by Crippen LogP contribution is -2.41. The zero-order valence-electron chi connectivity index (χ0n) is 14.4. The van der Waals surface area contributed by atoms with Crippen LogP contribution >= 0.6 is 11.3 Å². The largest absolute Gasteiger partial charge is 0.443 e. The van der Waals surface area contributed by atoms with Crippen LogP contribution in [0.5, 0.6) is 0 Å². The molecule has 1 aliphatic rings. The molecule has 1 aromatic carbocycles. The second-order valence-electron chi connectivity index (χ2n) is 6.03.